The Morgan fingerprint density at radius 3 is 2.50 bits per heavy atom. The average molecular weight is 226 g/mol. The predicted octanol–water partition coefficient (Wildman–Crippen LogP) is 1.81. The quantitative estimate of drug-likeness (QED) is 0.694. The van der Waals surface area contributed by atoms with Gasteiger partial charge in [-0.2, -0.15) is 5.26 Å². The summed E-state index contributed by atoms with van der Waals surface area (Å²) in [4.78, 5) is 13.5. The lowest BCUT2D eigenvalue weighted by atomic mass is 9.88. The number of nitriles is 1. The molecule has 0 aliphatic heterocycles. The third kappa shape index (κ3) is 4.19. The second-order valence-electron chi connectivity index (χ2n) is 4.44. The zero-order valence-electron chi connectivity index (χ0n) is 10.9. The molecule has 0 aromatic heterocycles. The largest absolute Gasteiger partial charge is 0.377 e. The number of rotatable bonds is 6. The van der Waals surface area contributed by atoms with Crippen molar-refractivity contribution in [1.82, 2.24) is 4.90 Å². The molecule has 0 saturated carbocycles. The van der Waals surface area contributed by atoms with Gasteiger partial charge in [0.25, 0.3) is 0 Å². The lowest BCUT2D eigenvalue weighted by Gasteiger charge is -2.26. The Labute approximate surface area is 98.2 Å². The number of carbonyl (C=O) groups is 1. The van der Waals surface area contributed by atoms with E-state index in [1.165, 1.54) is 0 Å². The summed E-state index contributed by atoms with van der Waals surface area (Å²) < 4.78 is 5.37. The molecule has 1 atom stereocenters. The molecule has 0 spiro atoms. The summed E-state index contributed by atoms with van der Waals surface area (Å²) in [5.74, 6) is -0.134. The standard InChI is InChI=1S/C12H22N2O2/c1-6-12(4,9-13)11(15)14(5)7-8-16-10(2)3/h10H,6-8H2,1-5H3. The zero-order valence-corrected chi connectivity index (χ0v) is 10.9. The number of hydrogen-bond donors (Lipinski definition) is 0. The molecule has 0 aromatic rings. The van der Waals surface area contributed by atoms with Crippen LogP contribution in [0.15, 0.2) is 0 Å². The van der Waals surface area contributed by atoms with Crippen molar-refractivity contribution in [2.75, 3.05) is 20.2 Å². The van der Waals surface area contributed by atoms with E-state index in [0.717, 1.165) is 0 Å². The fraction of sp³-hybridized carbons (Fsp3) is 0.833. The topological polar surface area (TPSA) is 53.3 Å². The Kier molecular flexibility index (Phi) is 6.05. The van der Waals surface area contributed by atoms with Gasteiger partial charge in [-0.25, -0.2) is 0 Å². The first kappa shape index (κ1) is 14.9. The van der Waals surface area contributed by atoms with Gasteiger partial charge in [-0.3, -0.25) is 4.79 Å². The molecule has 0 fully saturated rings. The molecule has 4 heteroatoms. The van der Waals surface area contributed by atoms with Gasteiger partial charge >= 0.3 is 0 Å². The number of ether oxygens (including phenoxy) is 1. The Morgan fingerprint density at radius 1 is 1.56 bits per heavy atom. The molecule has 4 nitrogen and oxygen atoms in total. The van der Waals surface area contributed by atoms with Crippen molar-refractivity contribution in [3.05, 3.63) is 0 Å². The summed E-state index contributed by atoms with van der Waals surface area (Å²) in [6.07, 6.45) is 0.689. The zero-order chi connectivity index (χ0) is 12.8. The molecule has 16 heavy (non-hydrogen) atoms. The smallest absolute Gasteiger partial charge is 0.242 e. The van der Waals surface area contributed by atoms with Crippen molar-refractivity contribution >= 4 is 5.91 Å². The first-order valence-corrected chi connectivity index (χ1v) is 5.65. The summed E-state index contributed by atoms with van der Waals surface area (Å²) >= 11 is 0. The van der Waals surface area contributed by atoms with Crippen LogP contribution in [-0.2, 0) is 9.53 Å². The summed E-state index contributed by atoms with van der Waals surface area (Å²) in [5, 5.41) is 8.99. The van der Waals surface area contributed by atoms with E-state index < -0.39 is 5.41 Å². The summed E-state index contributed by atoms with van der Waals surface area (Å²) in [6, 6.07) is 2.08. The Balaban J connectivity index is 4.24. The molecule has 1 amide bonds. The maximum atomic E-state index is 12.0. The number of hydrogen-bond acceptors (Lipinski definition) is 3. The molecule has 1 unspecified atom stereocenters. The van der Waals surface area contributed by atoms with Crippen LogP contribution in [-0.4, -0.2) is 37.1 Å². The number of carbonyl (C=O) groups excluding carboxylic acids is 1. The van der Waals surface area contributed by atoms with Crippen molar-refractivity contribution in [2.24, 2.45) is 5.41 Å². The van der Waals surface area contributed by atoms with E-state index in [9.17, 15) is 4.79 Å². The van der Waals surface area contributed by atoms with Gasteiger partial charge < -0.3 is 9.64 Å². The SMILES string of the molecule is CCC(C)(C#N)C(=O)N(C)CCOC(C)C. The van der Waals surface area contributed by atoms with Crippen LogP contribution in [0.1, 0.15) is 34.1 Å². The second kappa shape index (κ2) is 6.49. The van der Waals surface area contributed by atoms with Crippen LogP contribution in [0.4, 0.5) is 0 Å². The van der Waals surface area contributed by atoms with Crippen LogP contribution in [0.3, 0.4) is 0 Å². The van der Waals surface area contributed by atoms with Gasteiger partial charge in [0.2, 0.25) is 5.91 Å². The third-order valence-corrected chi connectivity index (χ3v) is 2.65. The highest BCUT2D eigenvalue weighted by Gasteiger charge is 2.33. The molecule has 0 heterocycles. The van der Waals surface area contributed by atoms with Crippen LogP contribution < -0.4 is 0 Å². The lowest BCUT2D eigenvalue weighted by molar-refractivity contribution is -0.138. The van der Waals surface area contributed by atoms with E-state index in [1.54, 1.807) is 18.9 Å². The van der Waals surface area contributed by atoms with Crippen LogP contribution in [0.5, 0.6) is 0 Å². The van der Waals surface area contributed by atoms with Crippen LogP contribution >= 0.6 is 0 Å². The highest BCUT2D eigenvalue weighted by Crippen LogP contribution is 2.22. The second-order valence-corrected chi connectivity index (χ2v) is 4.44. The Bertz CT molecular complexity index is 271. The molecular formula is C12H22N2O2. The van der Waals surface area contributed by atoms with Crippen LogP contribution in [0.25, 0.3) is 0 Å². The average Bonchev–Trinajstić information content (AvgIpc) is 2.26. The monoisotopic (exact) mass is 226 g/mol. The van der Waals surface area contributed by atoms with Gasteiger partial charge in [-0.15, -0.1) is 0 Å². The predicted molar refractivity (Wildman–Crippen MR) is 62.7 cm³/mol. The minimum Gasteiger partial charge on any atom is -0.377 e. The summed E-state index contributed by atoms with van der Waals surface area (Å²) in [7, 11) is 1.71. The maximum Gasteiger partial charge on any atom is 0.242 e. The molecule has 92 valence electrons. The highest BCUT2D eigenvalue weighted by molar-refractivity contribution is 5.84. The van der Waals surface area contributed by atoms with Gasteiger partial charge in [-0.05, 0) is 27.2 Å². The lowest BCUT2D eigenvalue weighted by Crippen LogP contribution is -2.40. The van der Waals surface area contributed by atoms with Gasteiger partial charge in [0, 0.05) is 13.6 Å². The van der Waals surface area contributed by atoms with E-state index in [0.29, 0.717) is 19.6 Å². The van der Waals surface area contributed by atoms with E-state index in [4.69, 9.17) is 10.00 Å². The molecule has 0 aliphatic carbocycles. The Hall–Kier alpha value is -1.08. The fourth-order valence-corrected chi connectivity index (χ4v) is 1.23. The molecular weight excluding hydrogens is 204 g/mol. The fourth-order valence-electron chi connectivity index (χ4n) is 1.23. The van der Waals surface area contributed by atoms with E-state index in [-0.39, 0.29) is 12.0 Å². The van der Waals surface area contributed by atoms with Crippen LogP contribution in [0.2, 0.25) is 0 Å². The maximum absolute atomic E-state index is 12.0. The normalized spacial score (nSPS) is 14.3. The summed E-state index contributed by atoms with van der Waals surface area (Å²) in [5.41, 5.74) is -0.910. The minimum atomic E-state index is -0.910. The van der Waals surface area contributed by atoms with Crippen molar-refractivity contribution in [3.8, 4) is 6.07 Å². The molecule has 0 bridgehead atoms. The van der Waals surface area contributed by atoms with E-state index in [1.807, 2.05) is 20.8 Å². The number of nitrogens with zero attached hydrogens (tertiary/aromatic N) is 2. The van der Waals surface area contributed by atoms with Gasteiger partial charge in [0.1, 0.15) is 5.41 Å². The molecule has 0 aliphatic rings. The summed E-state index contributed by atoms with van der Waals surface area (Å²) in [6.45, 7) is 8.45. The van der Waals surface area contributed by atoms with Crippen LogP contribution in [0, 0.1) is 16.7 Å². The first-order valence-electron chi connectivity index (χ1n) is 5.65. The number of likely N-dealkylation sites (N-methyl/N-ethyl adjacent to an activating group) is 1. The Morgan fingerprint density at radius 2 is 2.12 bits per heavy atom. The molecule has 0 aromatic carbocycles. The minimum absolute atomic E-state index is 0.134. The highest BCUT2D eigenvalue weighted by atomic mass is 16.5. The molecule has 0 N–H and O–H groups in total. The number of amides is 1. The van der Waals surface area contributed by atoms with Crippen molar-refractivity contribution in [3.63, 3.8) is 0 Å². The van der Waals surface area contributed by atoms with E-state index in [2.05, 4.69) is 6.07 Å². The van der Waals surface area contributed by atoms with Gasteiger partial charge in [-0.1, -0.05) is 6.92 Å². The first-order chi connectivity index (χ1) is 7.37. The molecule has 0 radical (unpaired) electrons. The van der Waals surface area contributed by atoms with Gasteiger partial charge in [0.15, 0.2) is 0 Å². The van der Waals surface area contributed by atoms with Crippen molar-refractivity contribution < 1.29 is 9.53 Å². The molecule has 0 rings (SSSR count). The molecule has 0 saturated heterocycles. The van der Waals surface area contributed by atoms with Gasteiger partial charge in [0.05, 0.1) is 18.8 Å². The van der Waals surface area contributed by atoms with Crippen molar-refractivity contribution in [2.45, 2.75) is 40.2 Å². The van der Waals surface area contributed by atoms with E-state index >= 15 is 0 Å². The van der Waals surface area contributed by atoms with Crippen molar-refractivity contribution in [1.29, 1.82) is 5.26 Å². The third-order valence-electron chi connectivity index (χ3n) is 2.65.